The van der Waals surface area contributed by atoms with Gasteiger partial charge in [0, 0.05) is 28.5 Å². The average molecular weight is 504 g/mol. The summed E-state index contributed by atoms with van der Waals surface area (Å²) in [5.74, 6) is -0.821. The van der Waals surface area contributed by atoms with Crippen LogP contribution in [0.4, 0.5) is 17.6 Å². The minimum Gasteiger partial charge on any atom is -0.306 e. The Hall–Kier alpha value is -3.27. The minimum atomic E-state index is -4.67. The Labute approximate surface area is 202 Å². The van der Waals surface area contributed by atoms with E-state index in [9.17, 15) is 27.2 Å². The van der Waals surface area contributed by atoms with Crippen molar-refractivity contribution in [3.05, 3.63) is 98.7 Å². The molecule has 3 heterocycles. The third-order valence-corrected chi connectivity index (χ3v) is 7.79. The Kier molecular flexibility index (Phi) is 5.66. The predicted octanol–water partition coefficient (Wildman–Crippen LogP) is 4.99. The number of hydrogen-bond acceptors (Lipinski definition) is 4. The number of carbonyl (C=O) groups is 1. The summed E-state index contributed by atoms with van der Waals surface area (Å²) in [6.07, 6.45) is -3.27. The number of halogens is 4. The molecule has 0 radical (unpaired) electrons. The number of nitrogens with zero attached hydrogens (tertiary/aromatic N) is 3. The maximum Gasteiger partial charge on any atom is 0.408 e. The fourth-order valence-electron chi connectivity index (χ4n) is 4.67. The molecule has 0 N–H and O–H groups in total. The second kappa shape index (κ2) is 8.44. The van der Waals surface area contributed by atoms with Crippen molar-refractivity contribution in [3.63, 3.8) is 0 Å². The molecule has 5 rings (SSSR count). The van der Waals surface area contributed by atoms with Gasteiger partial charge in [-0.3, -0.25) is 19.3 Å². The molecule has 35 heavy (non-hydrogen) atoms. The topological polar surface area (TPSA) is 45.6 Å². The van der Waals surface area contributed by atoms with E-state index in [1.165, 1.54) is 41.7 Å². The Bertz CT molecular complexity index is 1390. The van der Waals surface area contributed by atoms with Gasteiger partial charge in [0.1, 0.15) is 24.2 Å². The summed E-state index contributed by atoms with van der Waals surface area (Å²) in [5.41, 5.74) is 1.75. The number of aromatic nitrogens is 1. The summed E-state index contributed by atoms with van der Waals surface area (Å²) < 4.78 is 57.8. The molecule has 182 valence electrons. The van der Waals surface area contributed by atoms with Crippen molar-refractivity contribution in [2.45, 2.75) is 42.8 Å². The van der Waals surface area contributed by atoms with Gasteiger partial charge in [-0.25, -0.2) is 4.39 Å². The third-order valence-electron chi connectivity index (χ3n) is 6.61. The largest absolute Gasteiger partial charge is 0.408 e. The maximum atomic E-state index is 15.0. The number of carbonyl (C=O) groups excluding carboxylic acids is 1. The van der Waals surface area contributed by atoms with E-state index in [4.69, 9.17) is 0 Å². The highest BCUT2D eigenvalue weighted by molar-refractivity contribution is 7.98. The van der Waals surface area contributed by atoms with Gasteiger partial charge >= 0.3 is 6.18 Å². The van der Waals surface area contributed by atoms with E-state index in [-0.39, 0.29) is 11.3 Å². The van der Waals surface area contributed by atoms with Gasteiger partial charge in [0.2, 0.25) is 0 Å². The minimum absolute atomic E-state index is 0.0531. The molecule has 0 saturated carbocycles. The van der Waals surface area contributed by atoms with Crippen LogP contribution in [0.15, 0.2) is 64.4 Å². The van der Waals surface area contributed by atoms with Gasteiger partial charge < -0.3 is 4.90 Å². The average Bonchev–Trinajstić information content (AvgIpc) is 2.98. The van der Waals surface area contributed by atoms with Gasteiger partial charge in [0.15, 0.2) is 5.43 Å². The molecule has 2 unspecified atom stereocenters. The molecule has 1 aromatic heterocycles. The molecule has 2 atom stereocenters. The molecule has 5 nitrogen and oxygen atoms in total. The van der Waals surface area contributed by atoms with Gasteiger partial charge in [0.25, 0.3) is 5.91 Å². The van der Waals surface area contributed by atoms with Gasteiger partial charge in [-0.2, -0.15) is 13.2 Å². The fourth-order valence-corrected chi connectivity index (χ4v) is 5.78. The first-order chi connectivity index (χ1) is 16.6. The molecule has 2 aromatic carbocycles. The number of thioether (sulfide) groups is 1. The number of alkyl halides is 3. The van der Waals surface area contributed by atoms with E-state index >= 15 is 0 Å². The van der Waals surface area contributed by atoms with E-state index < -0.39 is 42.1 Å². The van der Waals surface area contributed by atoms with E-state index in [0.29, 0.717) is 16.2 Å². The molecular formula is C25H21F4N3O2S. The van der Waals surface area contributed by atoms with Crippen molar-refractivity contribution in [2.75, 3.05) is 11.7 Å². The molecule has 2 aliphatic heterocycles. The van der Waals surface area contributed by atoms with Crippen LogP contribution in [0, 0.1) is 12.7 Å². The Morgan fingerprint density at radius 2 is 1.74 bits per heavy atom. The molecular weight excluding hydrogens is 482 g/mol. The van der Waals surface area contributed by atoms with E-state index in [0.717, 1.165) is 23.0 Å². The first-order valence-corrected chi connectivity index (χ1v) is 11.9. The molecule has 3 aromatic rings. The second-order valence-corrected chi connectivity index (χ2v) is 9.61. The first-order valence-electron chi connectivity index (χ1n) is 11.0. The van der Waals surface area contributed by atoms with Crippen molar-refractivity contribution >= 4 is 17.7 Å². The van der Waals surface area contributed by atoms with Gasteiger partial charge in [-0.05, 0) is 36.6 Å². The van der Waals surface area contributed by atoms with Crippen LogP contribution < -0.4 is 10.4 Å². The van der Waals surface area contributed by atoms with Crippen LogP contribution in [0.1, 0.15) is 45.7 Å². The number of hydrogen-bond donors (Lipinski definition) is 0. The molecule has 0 spiro atoms. The van der Waals surface area contributed by atoms with Gasteiger partial charge in [-0.1, -0.05) is 36.4 Å². The summed E-state index contributed by atoms with van der Waals surface area (Å²) in [5, 5.41) is 1.61. The molecule has 10 heteroatoms. The summed E-state index contributed by atoms with van der Waals surface area (Å²) in [4.78, 5) is 26.8. The van der Waals surface area contributed by atoms with Crippen LogP contribution in [0.2, 0.25) is 0 Å². The molecule has 1 amide bonds. The number of fused-ring (bicyclic) bond motifs is 3. The second-order valence-electron chi connectivity index (χ2n) is 8.62. The fraction of sp³-hybridized carbons (Fsp3) is 0.280. The van der Waals surface area contributed by atoms with Gasteiger partial charge in [0.05, 0.1) is 6.04 Å². The van der Waals surface area contributed by atoms with Crippen LogP contribution in [-0.2, 0) is 5.75 Å². The van der Waals surface area contributed by atoms with Gasteiger partial charge in [-0.15, -0.1) is 11.8 Å². The zero-order valence-corrected chi connectivity index (χ0v) is 19.7. The predicted molar refractivity (Wildman–Crippen MR) is 124 cm³/mol. The van der Waals surface area contributed by atoms with E-state index in [1.54, 1.807) is 17.1 Å². The summed E-state index contributed by atoms with van der Waals surface area (Å²) in [7, 11) is 0. The normalized spacial score (nSPS) is 18.5. The lowest BCUT2D eigenvalue weighted by Crippen LogP contribution is -2.60. The molecule has 0 bridgehead atoms. The lowest BCUT2D eigenvalue weighted by Gasteiger charge is -2.46. The number of rotatable bonds is 2. The molecule has 0 fully saturated rings. The van der Waals surface area contributed by atoms with Crippen LogP contribution >= 0.6 is 11.8 Å². The van der Waals surface area contributed by atoms with Crippen LogP contribution in [-0.4, -0.2) is 34.4 Å². The van der Waals surface area contributed by atoms with Crippen LogP contribution in [0.5, 0.6) is 0 Å². The number of benzene rings is 2. The SMILES string of the molecule is Cc1c2n(ccc1=O)N(C1c3ccccc3CSc3c(F)cccc31)CN(C(C)C(F)(F)F)C2=O. The van der Waals surface area contributed by atoms with Crippen LogP contribution in [0.3, 0.4) is 0 Å². The summed E-state index contributed by atoms with van der Waals surface area (Å²) in [6.45, 7) is 1.94. The Morgan fingerprint density at radius 3 is 2.49 bits per heavy atom. The van der Waals surface area contributed by atoms with Crippen molar-refractivity contribution < 1.29 is 22.4 Å². The lowest BCUT2D eigenvalue weighted by atomic mass is 9.94. The van der Waals surface area contributed by atoms with E-state index in [1.807, 2.05) is 24.3 Å². The van der Waals surface area contributed by atoms with Crippen LogP contribution in [0.25, 0.3) is 0 Å². The number of pyridine rings is 1. The smallest absolute Gasteiger partial charge is 0.306 e. The molecule has 2 aliphatic rings. The monoisotopic (exact) mass is 503 g/mol. The highest BCUT2D eigenvalue weighted by atomic mass is 32.2. The number of amides is 1. The summed E-state index contributed by atoms with van der Waals surface area (Å²) in [6, 6.07) is 10.6. The highest BCUT2D eigenvalue weighted by Gasteiger charge is 2.47. The zero-order chi connectivity index (χ0) is 25.1. The lowest BCUT2D eigenvalue weighted by molar-refractivity contribution is -0.173. The maximum absolute atomic E-state index is 15.0. The molecule has 0 saturated heterocycles. The van der Waals surface area contributed by atoms with Crippen molar-refractivity contribution in [2.24, 2.45) is 0 Å². The molecule has 0 aliphatic carbocycles. The zero-order valence-electron chi connectivity index (χ0n) is 18.8. The Balaban J connectivity index is 1.79. The Morgan fingerprint density at radius 1 is 1.03 bits per heavy atom. The van der Waals surface area contributed by atoms with Crippen molar-refractivity contribution in [3.8, 4) is 0 Å². The first kappa shape index (κ1) is 23.5. The van der Waals surface area contributed by atoms with E-state index in [2.05, 4.69) is 0 Å². The quantitative estimate of drug-likeness (QED) is 0.462. The summed E-state index contributed by atoms with van der Waals surface area (Å²) >= 11 is 1.32. The standard InChI is InChI=1S/C25H21F4N3O2S/c1-14-20(33)10-11-31-21(14)24(34)30(15(2)25(27,28)29)13-32(31)22-17-7-4-3-6-16(17)12-35-23-18(22)8-5-9-19(23)26/h3-11,15,22H,12-13H2,1-2H3. The third kappa shape index (κ3) is 3.80. The van der Waals surface area contributed by atoms with Crippen molar-refractivity contribution in [1.82, 2.24) is 9.58 Å². The highest BCUT2D eigenvalue weighted by Crippen LogP contribution is 2.44. The van der Waals surface area contributed by atoms with Crippen molar-refractivity contribution in [1.29, 1.82) is 0 Å².